The van der Waals surface area contributed by atoms with E-state index < -0.39 is 42.6 Å². The van der Waals surface area contributed by atoms with Crippen LogP contribution in [0.15, 0.2) is 0 Å². The number of piperidine rings is 1. The lowest BCUT2D eigenvalue weighted by Crippen LogP contribution is -2.51. The van der Waals surface area contributed by atoms with Gasteiger partial charge in [0, 0.05) is 5.92 Å². The molecule has 2 heterocycles. The third-order valence-electron chi connectivity index (χ3n) is 3.38. The molecule has 0 spiro atoms. The number of carboxylic acids is 1. The number of rotatable bonds is 4. The van der Waals surface area contributed by atoms with Crippen LogP contribution in [0.4, 0.5) is 0 Å². The van der Waals surface area contributed by atoms with Crippen molar-refractivity contribution < 1.29 is 33.8 Å². The lowest BCUT2D eigenvalue weighted by atomic mass is 9.96. The summed E-state index contributed by atoms with van der Waals surface area (Å²) in [6.07, 6.45) is 0.415. The van der Waals surface area contributed by atoms with Crippen molar-refractivity contribution in [2.24, 2.45) is 11.8 Å². The molecule has 0 radical (unpaired) electrons. The van der Waals surface area contributed by atoms with E-state index in [1.165, 1.54) is 0 Å². The molecule has 0 atom stereocenters. The smallest absolute Gasteiger partial charge is 0.333 e. The zero-order chi connectivity index (χ0) is 15.4. The first kappa shape index (κ1) is 15.2. The quantitative estimate of drug-likeness (QED) is 0.410. The minimum absolute atomic E-state index is 0.0952. The van der Waals surface area contributed by atoms with Crippen LogP contribution in [-0.4, -0.2) is 54.8 Å². The number of ether oxygens (including phenoxy) is 2. The fraction of sp³-hybridized carbons (Fsp3) is 0.667. The van der Waals surface area contributed by atoms with E-state index in [1.54, 1.807) is 0 Å². The summed E-state index contributed by atoms with van der Waals surface area (Å²) in [5.74, 6) is -6.18. The number of aliphatic carboxylic acids is 1. The molecule has 0 aromatic carbocycles. The van der Waals surface area contributed by atoms with Crippen LogP contribution in [0, 0.1) is 11.8 Å². The lowest BCUT2D eigenvalue weighted by Gasteiger charge is -2.33. The van der Waals surface area contributed by atoms with Crippen molar-refractivity contribution >= 4 is 23.8 Å². The topological polar surface area (TPSA) is 131 Å². The van der Waals surface area contributed by atoms with Crippen molar-refractivity contribution in [1.29, 1.82) is 0 Å². The Hall–Kier alpha value is -2.16. The SMILES string of the molecule is O=C(O)CNC(=O)C1C(=O)OC(C2CCNCC2)OC1=O. The first-order valence-electron chi connectivity index (χ1n) is 6.60. The normalized spacial score (nSPS) is 26.7. The summed E-state index contributed by atoms with van der Waals surface area (Å²) in [4.78, 5) is 45.6. The number of esters is 2. The Bertz CT molecular complexity index is 441. The van der Waals surface area contributed by atoms with Gasteiger partial charge in [-0.25, -0.2) is 0 Å². The van der Waals surface area contributed by atoms with E-state index >= 15 is 0 Å². The molecule has 2 fully saturated rings. The van der Waals surface area contributed by atoms with Crippen LogP contribution in [0.2, 0.25) is 0 Å². The van der Waals surface area contributed by atoms with Gasteiger partial charge in [0.2, 0.25) is 18.1 Å². The highest BCUT2D eigenvalue weighted by atomic mass is 16.7. The summed E-state index contributed by atoms with van der Waals surface area (Å²) in [6, 6.07) is 0. The highest BCUT2D eigenvalue weighted by molar-refractivity contribution is 6.15. The second kappa shape index (κ2) is 6.53. The van der Waals surface area contributed by atoms with E-state index in [1.807, 2.05) is 5.32 Å². The van der Waals surface area contributed by atoms with Gasteiger partial charge in [0.15, 0.2) is 0 Å². The van der Waals surface area contributed by atoms with E-state index in [0.717, 1.165) is 13.1 Å². The number of carboxylic acid groups (broad SMARTS) is 1. The van der Waals surface area contributed by atoms with Gasteiger partial charge in [0.25, 0.3) is 0 Å². The van der Waals surface area contributed by atoms with E-state index in [-0.39, 0.29) is 5.92 Å². The highest BCUT2D eigenvalue weighted by Gasteiger charge is 2.46. The Labute approximate surface area is 120 Å². The second-order valence-corrected chi connectivity index (χ2v) is 4.87. The molecular weight excluding hydrogens is 284 g/mol. The number of nitrogens with one attached hydrogen (secondary N) is 2. The Morgan fingerprint density at radius 3 is 2.29 bits per heavy atom. The van der Waals surface area contributed by atoms with Crippen LogP contribution >= 0.6 is 0 Å². The molecule has 2 rings (SSSR count). The maximum absolute atomic E-state index is 11.8. The molecule has 1 amide bonds. The van der Waals surface area contributed by atoms with Gasteiger partial charge in [-0.1, -0.05) is 0 Å². The van der Waals surface area contributed by atoms with E-state index in [9.17, 15) is 19.2 Å². The van der Waals surface area contributed by atoms with Crippen molar-refractivity contribution in [2.75, 3.05) is 19.6 Å². The van der Waals surface area contributed by atoms with Gasteiger partial charge in [-0.2, -0.15) is 0 Å². The molecule has 0 bridgehead atoms. The van der Waals surface area contributed by atoms with E-state index in [2.05, 4.69) is 5.32 Å². The number of amides is 1. The molecule has 9 heteroatoms. The first-order valence-corrected chi connectivity index (χ1v) is 6.60. The Balaban J connectivity index is 1.95. The summed E-state index contributed by atoms with van der Waals surface area (Å²) >= 11 is 0. The average molecular weight is 300 g/mol. The molecule has 3 N–H and O–H groups in total. The summed E-state index contributed by atoms with van der Waals surface area (Å²) in [7, 11) is 0. The van der Waals surface area contributed by atoms with Gasteiger partial charge in [-0.3, -0.25) is 19.2 Å². The summed E-state index contributed by atoms with van der Waals surface area (Å²) in [5.41, 5.74) is 0. The monoisotopic (exact) mass is 300 g/mol. The Morgan fingerprint density at radius 2 is 1.76 bits per heavy atom. The predicted molar refractivity (Wildman–Crippen MR) is 65.7 cm³/mol. The fourth-order valence-corrected chi connectivity index (χ4v) is 2.27. The molecular formula is C12H16N2O7. The zero-order valence-corrected chi connectivity index (χ0v) is 11.2. The number of carbonyl (C=O) groups is 4. The first-order chi connectivity index (χ1) is 9.99. The van der Waals surface area contributed by atoms with Crippen molar-refractivity contribution in [3.63, 3.8) is 0 Å². The number of hydrogen-bond acceptors (Lipinski definition) is 7. The minimum Gasteiger partial charge on any atom is -0.480 e. The minimum atomic E-state index is -1.76. The number of carbonyl (C=O) groups excluding carboxylic acids is 3. The van der Waals surface area contributed by atoms with Crippen molar-refractivity contribution in [3.05, 3.63) is 0 Å². The van der Waals surface area contributed by atoms with E-state index in [0.29, 0.717) is 12.8 Å². The summed E-state index contributed by atoms with van der Waals surface area (Å²) < 4.78 is 10.0. The molecule has 0 aromatic heterocycles. The van der Waals surface area contributed by atoms with Crippen LogP contribution in [0.3, 0.4) is 0 Å². The lowest BCUT2D eigenvalue weighted by molar-refractivity contribution is -0.222. The zero-order valence-electron chi connectivity index (χ0n) is 11.2. The van der Waals surface area contributed by atoms with Crippen LogP contribution in [-0.2, 0) is 28.7 Å². The van der Waals surface area contributed by atoms with Crippen LogP contribution in [0.1, 0.15) is 12.8 Å². The summed E-state index contributed by atoms with van der Waals surface area (Å²) in [5, 5.41) is 13.5. The third kappa shape index (κ3) is 3.69. The summed E-state index contributed by atoms with van der Waals surface area (Å²) in [6.45, 7) is 0.783. The van der Waals surface area contributed by atoms with Gasteiger partial charge in [-0.05, 0) is 25.9 Å². The molecule has 21 heavy (non-hydrogen) atoms. The highest BCUT2D eigenvalue weighted by Crippen LogP contribution is 2.25. The van der Waals surface area contributed by atoms with Gasteiger partial charge >= 0.3 is 17.9 Å². The Kier molecular flexibility index (Phi) is 4.73. The Morgan fingerprint density at radius 1 is 1.19 bits per heavy atom. The van der Waals surface area contributed by atoms with Crippen LogP contribution < -0.4 is 10.6 Å². The fourth-order valence-electron chi connectivity index (χ4n) is 2.27. The average Bonchev–Trinajstić information content (AvgIpc) is 2.45. The molecule has 9 nitrogen and oxygen atoms in total. The number of hydrogen-bond donors (Lipinski definition) is 3. The molecule has 2 saturated heterocycles. The number of cyclic esters (lactones) is 2. The van der Waals surface area contributed by atoms with Crippen molar-refractivity contribution in [3.8, 4) is 0 Å². The molecule has 0 unspecified atom stereocenters. The third-order valence-corrected chi connectivity index (χ3v) is 3.38. The molecule has 0 saturated carbocycles. The van der Waals surface area contributed by atoms with Crippen LogP contribution in [0.5, 0.6) is 0 Å². The van der Waals surface area contributed by atoms with Crippen LogP contribution in [0.25, 0.3) is 0 Å². The molecule has 2 aliphatic heterocycles. The predicted octanol–water partition coefficient (Wildman–Crippen LogP) is -1.77. The van der Waals surface area contributed by atoms with Gasteiger partial charge < -0.3 is 25.2 Å². The molecule has 116 valence electrons. The standard InChI is InChI=1S/C12H16N2O7/c15-7(16)5-14-9(17)8-10(18)20-12(21-11(8)19)6-1-3-13-4-2-6/h6,8,12-13H,1-5H2,(H,14,17)(H,15,16). The molecule has 0 aliphatic carbocycles. The second-order valence-electron chi connectivity index (χ2n) is 4.87. The van der Waals surface area contributed by atoms with Crippen molar-refractivity contribution in [1.82, 2.24) is 10.6 Å². The maximum Gasteiger partial charge on any atom is 0.333 e. The maximum atomic E-state index is 11.8. The van der Waals surface area contributed by atoms with Crippen molar-refractivity contribution in [2.45, 2.75) is 19.1 Å². The van der Waals surface area contributed by atoms with E-state index in [4.69, 9.17) is 14.6 Å². The largest absolute Gasteiger partial charge is 0.480 e. The van der Waals surface area contributed by atoms with Gasteiger partial charge in [0.05, 0.1) is 0 Å². The van der Waals surface area contributed by atoms with Gasteiger partial charge in [0.1, 0.15) is 6.54 Å². The van der Waals surface area contributed by atoms with Gasteiger partial charge in [-0.15, -0.1) is 0 Å². The molecule has 0 aromatic rings. The molecule has 2 aliphatic rings.